The largest absolute Gasteiger partial charge is 0.469 e. The van der Waals surface area contributed by atoms with Crippen LogP contribution in [0.3, 0.4) is 0 Å². The predicted octanol–water partition coefficient (Wildman–Crippen LogP) is 1.99. The first kappa shape index (κ1) is 10.4. The Morgan fingerprint density at radius 1 is 1.50 bits per heavy atom. The van der Waals surface area contributed by atoms with Crippen LogP contribution in [-0.2, 0) is 6.42 Å². The topological polar surface area (TPSA) is 69.1 Å². The second kappa shape index (κ2) is 4.18. The van der Waals surface area contributed by atoms with E-state index in [2.05, 4.69) is 4.98 Å². The number of hydrogen-bond acceptors (Lipinski definition) is 4. The molecule has 2 aromatic heterocycles. The number of pyridine rings is 1. The van der Waals surface area contributed by atoms with Crippen molar-refractivity contribution >= 4 is 11.5 Å². The predicted molar refractivity (Wildman–Crippen MR) is 60.1 cm³/mol. The molecule has 0 saturated heterocycles. The molecule has 0 bridgehead atoms. The smallest absolute Gasteiger partial charge is 0.170 e. The molecule has 0 aliphatic heterocycles. The number of ketones is 1. The molecule has 0 spiro atoms. The lowest BCUT2D eigenvalue weighted by molar-refractivity contribution is 0.0991. The summed E-state index contributed by atoms with van der Waals surface area (Å²) in [4.78, 5) is 15.9. The normalized spacial score (nSPS) is 10.3. The minimum atomic E-state index is -0.00838. The van der Waals surface area contributed by atoms with Gasteiger partial charge >= 0.3 is 0 Å². The highest BCUT2D eigenvalue weighted by Gasteiger charge is 2.13. The van der Waals surface area contributed by atoms with Crippen LogP contribution < -0.4 is 5.73 Å². The molecule has 2 aromatic rings. The number of anilines is 1. The monoisotopic (exact) mass is 216 g/mol. The number of furan rings is 1. The van der Waals surface area contributed by atoms with Crippen LogP contribution in [0.25, 0.3) is 0 Å². The van der Waals surface area contributed by atoms with Crippen molar-refractivity contribution in [1.29, 1.82) is 0 Å². The van der Waals surface area contributed by atoms with E-state index in [9.17, 15) is 4.79 Å². The van der Waals surface area contributed by atoms with E-state index in [1.807, 2.05) is 0 Å². The Bertz CT molecular complexity index is 517. The first-order valence-electron chi connectivity index (χ1n) is 4.94. The van der Waals surface area contributed by atoms with Crippen LogP contribution in [0, 0.1) is 6.92 Å². The van der Waals surface area contributed by atoms with Crippen molar-refractivity contribution in [1.82, 2.24) is 4.98 Å². The number of aryl methyl sites for hydroxylation is 1. The van der Waals surface area contributed by atoms with E-state index in [0.29, 0.717) is 17.0 Å². The maximum Gasteiger partial charge on any atom is 0.170 e. The Morgan fingerprint density at radius 3 is 2.94 bits per heavy atom. The van der Waals surface area contributed by atoms with Crippen LogP contribution in [0.2, 0.25) is 0 Å². The van der Waals surface area contributed by atoms with Gasteiger partial charge in [-0.3, -0.25) is 9.78 Å². The summed E-state index contributed by atoms with van der Waals surface area (Å²) < 4.78 is 5.09. The van der Waals surface area contributed by atoms with Crippen LogP contribution >= 0.6 is 0 Å². The first-order valence-corrected chi connectivity index (χ1v) is 4.94. The van der Waals surface area contributed by atoms with Crippen LogP contribution in [0.5, 0.6) is 0 Å². The number of rotatable bonds is 3. The molecule has 0 saturated carbocycles. The molecule has 4 heteroatoms. The number of carbonyl (C=O) groups is 1. The van der Waals surface area contributed by atoms with Crippen LogP contribution in [0.4, 0.5) is 5.69 Å². The maximum atomic E-state index is 11.9. The minimum absolute atomic E-state index is 0.00838. The number of nitrogens with two attached hydrogens (primary N) is 1. The summed E-state index contributed by atoms with van der Waals surface area (Å²) in [5.41, 5.74) is 7.68. The summed E-state index contributed by atoms with van der Waals surface area (Å²) in [7, 11) is 0. The Morgan fingerprint density at radius 2 is 2.31 bits per heavy atom. The molecule has 0 radical (unpaired) electrons. The van der Waals surface area contributed by atoms with E-state index in [1.54, 1.807) is 31.5 Å². The standard InChI is InChI=1S/C12H12N2O2/c1-8-10(3-5-16-8)12(15)6-9-7-14-4-2-11(9)13/h2-5,7H,6H2,1H3,(H2,13,14). The third-order valence-corrected chi connectivity index (χ3v) is 2.45. The summed E-state index contributed by atoms with van der Waals surface area (Å²) in [6.07, 6.45) is 4.98. The first-order chi connectivity index (χ1) is 7.68. The van der Waals surface area contributed by atoms with Gasteiger partial charge in [0.15, 0.2) is 5.78 Å². The molecule has 0 unspecified atom stereocenters. The van der Waals surface area contributed by atoms with Crippen molar-refractivity contribution in [2.24, 2.45) is 0 Å². The SMILES string of the molecule is Cc1occc1C(=O)Cc1cnccc1N. The summed E-state index contributed by atoms with van der Waals surface area (Å²) in [5.74, 6) is 0.624. The average molecular weight is 216 g/mol. The zero-order valence-corrected chi connectivity index (χ0v) is 8.93. The summed E-state index contributed by atoms with van der Waals surface area (Å²) in [5, 5.41) is 0. The fraction of sp³-hybridized carbons (Fsp3) is 0.167. The number of Topliss-reactive ketones (excluding diaryl/α,β-unsaturated/α-hetero) is 1. The quantitative estimate of drug-likeness (QED) is 0.796. The van der Waals surface area contributed by atoms with E-state index < -0.39 is 0 Å². The van der Waals surface area contributed by atoms with E-state index >= 15 is 0 Å². The summed E-state index contributed by atoms with van der Waals surface area (Å²) >= 11 is 0. The highest BCUT2D eigenvalue weighted by molar-refractivity contribution is 5.98. The Hall–Kier alpha value is -2.10. The van der Waals surface area contributed by atoms with E-state index in [-0.39, 0.29) is 12.2 Å². The molecule has 0 amide bonds. The fourth-order valence-electron chi connectivity index (χ4n) is 1.53. The second-order valence-corrected chi connectivity index (χ2v) is 3.56. The highest BCUT2D eigenvalue weighted by atomic mass is 16.3. The lowest BCUT2D eigenvalue weighted by atomic mass is 10.0. The van der Waals surface area contributed by atoms with Crippen molar-refractivity contribution in [3.05, 3.63) is 47.7 Å². The molecular weight excluding hydrogens is 204 g/mol. The molecule has 2 rings (SSSR count). The van der Waals surface area contributed by atoms with Gasteiger partial charge in [-0.15, -0.1) is 0 Å². The molecule has 0 aliphatic carbocycles. The summed E-state index contributed by atoms with van der Waals surface area (Å²) in [6.45, 7) is 1.76. The Labute approximate surface area is 93.1 Å². The van der Waals surface area contributed by atoms with Gasteiger partial charge in [0.05, 0.1) is 11.8 Å². The van der Waals surface area contributed by atoms with Gasteiger partial charge in [0.2, 0.25) is 0 Å². The van der Waals surface area contributed by atoms with Crippen LogP contribution in [0.1, 0.15) is 21.7 Å². The molecular formula is C12H12N2O2. The van der Waals surface area contributed by atoms with Gasteiger partial charge in [0, 0.05) is 30.1 Å². The third kappa shape index (κ3) is 1.95. The molecule has 0 aromatic carbocycles. The summed E-state index contributed by atoms with van der Waals surface area (Å²) in [6, 6.07) is 3.36. The van der Waals surface area contributed by atoms with Gasteiger partial charge in [0.25, 0.3) is 0 Å². The van der Waals surface area contributed by atoms with E-state index in [0.717, 1.165) is 5.56 Å². The second-order valence-electron chi connectivity index (χ2n) is 3.56. The fourth-order valence-corrected chi connectivity index (χ4v) is 1.53. The molecule has 16 heavy (non-hydrogen) atoms. The lowest BCUT2D eigenvalue weighted by Crippen LogP contribution is -2.06. The van der Waals surface area contributed by atoms with Gasteiger partial charge in [0.1, 0.15) is 5.76 Å². The number of hydrogen-bond donors (Lipinski definition) is 1. The zero-order chi connectivity index (χ0) is 11.5. The van der Waals surface area contributed by atoms with Gasteiger partial charge in [-0.25, -0.2) is 0 Å². The van der Waals surface area contributed by atoms with Crippen LogP contribution in [0.15, 0.2) is 35.2 Å². The number of carbonyl (C=O) groups excluding carboxylic acids is 1. The molecule has 82 valence electrons. The Kier molecular flexibility index (Phi) is 2.72. The van der Waals surface area contributed by atoms with Crippen LogP contribution in [-0.4, -0.2) is 10.8 Å². The van der Waals surface area contributed by atoms with Gasteiger partial charge in [-0.1, -0.05) is 0 Å². The molecule has 0 fully saturated rings. The molecule has 2 N–H and O–H groups in total. The molecule has 0 aliphatic rings. The lowest BCUT2D eigenvalue weighted by Gasteiger charge is -2.03. The maximum absolute atomic E-state index is 11.9. The minimum Gasteiger partial charge on any atom is -0.469 e. The van der Waals surface area contributed by atoms with E-state index in [1.165, 1.54) is 6.26 Å². The molecule has 4 nitrogen and oxygen atoms in total. The van der Waals surface area contributed by atoms with E-state index in [4.69, 9.17) is 10.2 Å². The molecule has 0 atom stereocenters. The number of nitrogens with zero attached hydrogens (tertiary/aromatic N) is 1. The van der Waals surface area contributed by atoms with Crippen molar-refractivity contribution in [2.75, 3.05) is 5.73 Å². The average Bonchev–Trinajstić information content (AvgIpc) is 2.68. The van der Waals surface area contributed by atoms with Gasteiger partial charge in [-0.05, 0) is 19.1 Å². The highest BCUT2D eigenvalue weighted by Crippen LogP contribution is 2.15. The number of nitrogen functional groups attached to an aromatic ring is 1. The van der Waals surface area contributed by atoms with Crippen molar-refractivity contribution in [3.63, 3.8) is 0 Å². The van der Waals surface area contributed by atoms with Gasteiger partial charge in [-0.2, -0.15) is 0 Å². The molecule has 2 heterocycles. The van der Waals surface area contributed by atoms with Gasteiger partial charge < -0.3 is 10.2 Å². The van der Waals surface area contributed by atoms with Crippen molar-refractivity contribution in [3.8, 4) is 0 Å². The van der Waals surface area contributed by atoms with Crippen molar-refractivity contribution in [2.45, 2.75) is 13.3 Å². The zero-order valence-electron chi connectivity index (χ0n) is 8.93. The van der Waals surface area contributed by atoms with Crippen molar-refractivity contribution < 1.29 is 9.21 Å². The Balaban J connectivity index is 2.21. The number of aromatic nitrogens is 1. The third-order valence-electron chi connectivity index (χ3n) is 2.45.